The van der Waals surface area contributed by atoms with Gasteiger partial charge in [0.05, 0.1) is 5.56 Å². The molecule has 0 fully saturated rings. The minimum atomic E-state index is -4.44. The second-order valence-corrected chi connectivity index (χ2v) is 3.67. The fraction of sp³-hybridized carbons (Fsp3) is 0.167. The first-order chi connectivity index (χ1) is 8.75. The fourth-order valence-corrected chi connectivity index (χ4v) is 1.36. The molecule has 0 aliphatic heterocycles. The standard InChI is InChI=1S/C12H9F3N2O2.Na.H/c13-12(14,15)8-3-1-7(2-4-8)5-10(18)9(6-16)11(17)19;;/h1-4,18H,5H2,(H2,17,19);;/b10-9-;;. The average Bonchev–Trinajstić information content (AvgIpc) is 2.28. The molecule has 0 saturated carbocycles. The van der Waals surface area contributed by atoms with Crippen molar-refractivity contribution in [2.24, 2.45) is 5.73 Å². The van der Waals surface area contributed by atoms with Crippen molar-refractivity contribution in [2.45, 2.75) is 12.6 Å². The topological polar surface area (TPSA) is 87.1 Å². The molecule has 102 valence electrons. The van der Waals surface area contributed by atoms with Crippen molar-refractivity contribution in [3.05, 3.63) is 46.7 Å². The number of aliphatic hydroxyl groups is 1. The summed E-state index contributed by atoms with van der Waals surface area (Å²) in [5.74, 6) is -1.67. The third-order valence-corrected chi connectivity index (χ3v) is 2.30. The van der Waals surface area contributed by atoms with Crippen LogP contribution in [0.3, 0.4) is 0 Å². The summed E-state index contributed by atoms with van der Waals surface area (Å²) < 4.78 is 36.9. The number of aliphatic hydroxyl groups excluding tert-OH is 1. The number of hydrogen-bond acceptors (Lipinski definition) is 3. The Kier molecular flexibility index (Phi) is 6.79. The summed E-state index contributed by atoms with van der Waals surface area (Å²) in [6, 6.07) is 5.42. The van der Waals surface area contributed by atoms with E-state index in [0.29, 0.717) is 5.56 Å². The van der Waals surface area contributed by atoms with Crippen LogP contribution in [0.5, 0.6) is 0 Å². The van der Waals surface area contributed by atoms with Gasteiger partial charge in [-0.2, -0.15) is 18.4 Å². The SMILES string of the molecule is N#C/C(C(N)=O)=C(/O)Cc1ccc(C(F)(F)F)cc1.[NaH]. The van der Waals surface area contributed by atoms with Crippen LogP contribution in [0.4, 0.5) is 13.2 Å². The van der Waals surface area contributed by atoms with Crippen molar-refractivity contribution < 1.29 is 23.1 Å². The van der Waals surface area contributed by atoms with E-state index in [0.717, 1.165) is 24.3 Å². The number of primary amides is 1. The molecule has 0 aliphatic rings. The molecule has 8 heteroatoms. The molecule has 0 unspecified atom stereocenters. The van der Waals surface area contributed by atoms with E-state index in [4.69, 9.17) is 11.0 Å². The summed E-state index contributed by atoms with van der Waals surface area (Å²) in [5.41, 5.74) is 3.74. The second-order valence-electron chi connectivity index (χ2n) is 3.67. The summed E-state index contributed by atoms with van der Waals surface area (Å²) in [6.07, 6.45) is -4.69. The molecule has 0 heterocycles. The first kappa shape index (κ1) is 18.5. The van der Waals surface area contributed by atoms with Crippen LogP contribution < -0.4 is 5.73 Å². The molecule has 0 aliphatic carbocycles. The normalized spacial score (nSPS) is 11.9. The molecule has 0 spiro atoms. The molecule has 20 heavy (non-hydrogen) atoms. The summed E-state index contributed by atoms with van der Waals surface area (Å²) in [4.78, 5) is 10.8. The number of rotatable bonds is 3. The number of amides is 1. The average molecular weight is 294 g/mol. The van der Waals surface area contributed by atoms with Gasteiger partial charge in [-0.15, -0.1) is 0 Å². The third kappa shape index (κ3) is 4.89. The van der Waals surface area contributed by atoms with E-state index in [1.807, 2.05) is 0 Å². The van der Waals surface area contributed by atoms with E-state index in [-0.39, 0.29) is 36.0 Å². The molecule has 1 amide bonds. The summed E-state index contributed by atoms with van der Waals surface area (Å²) in [6.45, 7) is 0. The molecular weight excluding hydrogens is 284 g/mol. The van der Waals surface area contributed by atoms with Gasteiger partial charge in [0.2, 0.25) is 0 Å². The van der Waals surface area contributed by atoms with E-state index in [1.54, 1.807) is 0 Å². The van der Waals surface area contributed by atoms with Crippen molar-refractivity contribution >= 4 is 35.5 Å². The Morgan fingerprint density at radius 1 is 1.30 bits per heavy atom. The van der Waals surface area contributed by atoms with Crippen molar-refractivity contribution in [2.75, 3.05) is 0 Å². The van der Waals surface area contributed by atoms with E-state index >= 15 is 0 Å². The van der Waals surface area contributed by atoms with Crippen molar-refractivity contribution in [1.82, 2.24) is 0 Å². The van der Waals surface area contributed by atoms with Crippen LogP contribution in [0.25, 0.3) is 0 Å². The Hall–Kier alpha value is -1.49. The number of carbonyl (C=O) groups is 1. The number of benzene rings is 1. The van der Waals surface area contributed by atoms with E-state index < -0.39 is 29.0 Å². The molecular formula is C12H10F3N2NaO2. The van der Waals surface area contributed by atoms with Crippen LogP contribution in [0.15, 0.2) is 35.6 Å². The van der Waals surface area contributed by atoms with Gasteiger partial charge < -0.3 is 10.8 Å². The van der Waals surface area contributed by atoms with Gasteiger partial charge in [-0.3, -0.25) is 4.79 Å². The Labute approximate surface area is 135 Å². The van der Waals surface area contributed by atoms with Crippen LogP contribution >= 0.6 is 0 Å². The maximum absolute atomic E-state index is 12.3. The second kappa shape index (κ2) is 7.33. The zero-order chi connectivity index (χ0) is 14.6. The van der Waals surface area contributed by atoms with Crippen LogP contribution in [0.1, 0.15) is 11.1 Å². The van der Waals surface area contributed by atoms with Gasteiger partial charge in [-0.25, -0.2) is 0 Å². The summed E-state index contributed by atoms with van der Waals surface area (Å²) in [5, 5.41) is 18.1. The van der Waals surface area contributed by atoms with E-state index in [9.17, 15) is 23.1 Å². The number of nitrogens with two attached hydrogens (primary N) is 1. The van der Waals surface area contributed by atoms with Crippen LogP contribution in [0, 0.1) is 11.3 Å². The van der Waals surface area contributed by atoms with Gasteiger partial charge >= 0.3 is 35.7 Å². The van der Waals surface area contributed by atoms with Crippen molar-refractivity contribution in [3.8, 4) is 6.07 Å². The summed E-state index contributed by atoms with van der Waals surface area (Å²) in [7, 11) is 0. The number of allylic oxidation sites excluding steroid dienone is 1. The zero-order valence-electron chi connectivity index (χ0n) is 9.53. The molecule has 1 aromatic rings. The molecule has 0 radical (unpaired) electrons. The van der Waals surface area contributed by atoms with Crippen molar-refractivity contribution in [3.63, 3.8) is 0 Å². The number of nitrogens with zero attached hydrogens (tertiary/aromatic N) is 1. The Morgan fingerprint density at radius 2 is 1.80 bits per heavy atom. The molecule has 1 rings (SSSR count). The molecule has 4 nitrogen and oxygen atoms in total. The molecule has 0 aromatic heterocycles. The number of carbonyl (C=O) groups excluding carboxylic acids is 1. The quantitative estimate of drug-likeness (QED) is 0.382. The van der Waals surface area contributed by atoms with Gasteiger partial charge in [0, 0.05) is 6.42 Å². The molecule has 0 bridgehead atoms. The summed E-state index contributed by atoms with van der Waals surface area (Å²) >= 11 is 0. The first-order valence-corrected chi connectivity index (χ1v) is 5.04. The molecule has 0 saturated heterocycles. The van der Waals surface area contributed by atoms with E-state index in [2.05, 4.69) is 0 Å². The molecule has 0 atom stereocenters. The Morgan fingerprint density at radius 3 is 2.15 bits per heavy atom. The fourth-order valence-electron chi connectivity index (χ4n) is 1.36. The molecule has 3 N–H and O–H groups in total. The van der Waals surface area contributed by atoms with Crippen LogP contribution in [-0.2, 0) is 17.4 Å². The number of hydrogen-bond donors (Lipinski definition) is 2. The molecule has 1 aromatic carbocycles. The van der Waals surface area contributed by atoms with Gasteiger partial charge in [0.25, 0.3) is 5.91 Å². The maximum atomic E-state index is 12.3. The predicted octanol–water partition coefficient (Wildman–Crippen LogP) is 1.42. The van der Waals surface area contributed by atoms with Crippen LogP contribution in [0.2, 0.25) is 0 Å². The predicted molar refractivity (Wildman–Crippen MR) is 66.8 cm³/mol. The first-order valence-electron chi connectivity index (χ1n) is 5.04. The van der Waals surface area contributed by atoms with Gasteiger partial charge in [-0.05, 0) is 17.7 Å². The van der Waals surface area contributed by atoms with Gasteiger partial charge in [0.15, 0.2) is 5.57 Å². The third-order valence-electron chi connectivity index (χ3n) is 2.30. The minimum absolute atomic E-state index is 0. The van der Waals surface area contributed by atoms with Gasteiger partial charge in [-0.1, -0.05) is 12.1 Å². The monoisotopic (exact) mass is 294 g/mol. The van der Waals surface area contributed by atoms with Crippen LogP contribution in [-0.4, -0.2) is 40.6 Å². The zero-order valence-corrected chi connectivity index (χ0v) is 9.53. The van der Waals surface area contributed by atoms with Gasteiger partial charge in [0.1, 0.15) is 11.8 Å². The number of halogens is 3. The van der Waals surface area contributed by atoms with Crippen molar-refractivity contribution in [1.29, 1.82) is 5.26 Å². The Balaban J connectivity index is 0.00000361. The Bertz CT molecular complexity index is 560. The number of alkyl halides is 3. The van der Waals surface area contributed by atoms with E-state index in [1.165, 1.54) is 6.07 Å². The number of nitriles is 1.